The molecule has 0 unspecified atom stereocenters. The minimum Gasteiger partial charge on any atom is -0.487 e. The Morgan fingerprint density at radius 2 is 1.09 bits per heavy atom. The summed E-state index contributed by atoms with van der Waals surface area (Å²) in [5, 5.41) is 20.6. The van der Waals surface area contributed by atoms with Gasteiger partial charge in [-0.1, -0.05) is 0 Å². The molecule has 2 saturated heterocycles. The second kappa shape index (κ2) is 15.9. The third-order valence-electron chi connectivity index (χ3n) is 13.5. The van der Waals surface area contributed by atoms with Crippen molar-refractivity contribution in [1.82, 2.24) is 39.8 Å². The van der Waals surface area contributed by atoms with Gasteiger partial charge in [0.25, 0.3) is 11.8 Å². The molecule has 16 nitrogen and oxygen atoms in total. The van der Waals surface area contributed by atoms with Gasteiger partial charge in [-0.2, -0.15) is 10.2 Å². The van der Waals surface area contributed by atoms with Gasteiger partial charge in [-0.3, -0.25) is 19.2 Å². The average Bonchev–Trinajstić information content (AvgIpc) is 3.99. The standard InChI is InChI=1S/2C25H27N5O3/c2*1-25(2)11-16-9-20(18(15-3-4-15)10-21(16)33-25)29-24(32)19-13-27-30-6-5-17(28-23(19)30)7-14-8-22(31)26-12-14/h2*5-6,9-10,13-15H,3-4,7-8,11-12H2,1-2H3,(H,26,31)(H,29,32)/t2*14-/m10/s1. The normalized spacial score (nSPS) is 21.0. The topological polar surface area (TPSA) is 195 Å². The van der Waals surface area contributed by atoms with Gasteiger partial charge < -0.3 is 30.7 Å². The van der Waals surface area contributed by atoms with Gasteiger partial charge in [-0.05, 0) is 137 Å². The Morgan fingerprint density at radius 1 is 0.667 bits per heavy atom. The van der Waals surface area contributed by atoms with E-state index in [0.717, 1.165) is 95.0 Å². The highest BCUT2D eigenvalue weighted by Gasteiger charge is 2.36. The minimum absolute atomic E-state index is 0.0834. The number of benzene rings is 2. The number of nitrogens with zero attached hydrogens (tertiary/aromatic N) is 6. The predicted octanol–water partition coefficient (Wildman–Crippen LogP) is 6.50. The molecule has 4 aliphatic heterocycles. The zero-order chi connectivity index (χ0) is 45.5. The number of rotatable bonds is 10. The van der Waals surface area contributed by atoms with E-state index in [1.807, 2.05) is 24.5 Å². The Bertz CT molecular complexity index is 2780. The van der Waals surface area contributed by atoms with Gasteiger partial charge in [-0.25, -0.2) is 19.0 Å². The van der Waals surface area contributed by atoms with Gasteiger partial charge in [0.15, 0.2) is 11.3 Å². The Morgan fingerprint density at radius 3 is 1.47 bits per heavy atom. The molecule has 0 bridgehead atoms. The highest BCUT2D eigenvalue weighted by molar-refractivity contribution is 6.09. The third kappa shape index (κ3) is 8.56. The molecule has 6 aromatic rings. The van der Waals surface area contributed by atoms with E-state index < -0.39 is 0 Å². The molecule has 66 heavy (non-hydrogen) atoms. The summed E-state index contributed by atoms with van der Waals surface area (Å²) in [6.07, 6.45) is 15.3. The Hall–Kier alpha value is -6.84. The maximum absolute atomic E-state index is 13.3. The van der Waals surface area contributed by atoms with Crippen LogP contribution in [-0.4, -0.2) is 77.1 Å². The zero-order valence-electron chi connectivity index (χ0n) is 37.7. The van der Waals surface area contributed by atoms with Crippen molar-refractivity contribution in [3.8, 4) is 11.5 Å². The van der Waals surface area contributed by atoms with Crippen LogP contribution in [0.25, 0.3) is 11.3 Å². The SMILES string of the molecule is CC1(C)Cc2cc(NC(=O)c3cnn4ccc(C[C@@H]5CNC(=O)C5)nc34)c(C3CC3)cc2O1.CC1(C)Cc2cc(NC(=O)c3cnn4ccc(C[C@H]5CNC(=O)C5)nc34)c(C3CC3)cc2O1. The monoisotopic (exact) mass is 890 g/mol. The Labute approximate surface area is 381 Å². The van der Waals surface area contributed by atoms with Gasteiger partial charge in [0, 0.05) is 85.1 Å². The first-order valence-electron chi connectivity index (χ1n) is 23.2. The molecule has 4 aromatic heterocycles. The van der Waals surface area contributed by atoms with E-state index in [9.17, 15) is 19.2 Å². The number of carbonyl (C=O) groups is 4. The van der Waals surface area contributed by atoms with Crippen LogP contribution in [0.2, 0.25) is 0 Å². The molecule has 340 valence electrons. The average molecular weight is 891 g/mol. The smallest absolute Gasteiger partial charge is 0.261 e. The van der Waals surface area contributed by atoms with Crippen molar-refractivity contribution in [2.45, 2.75) is 115 Å². The van der Waals surface area contributed by atoms with Crippen LogP contribution < -0.4 is 30.7 Å². The molecule has 2 aromatic carbocycles. The van der Waals surface area contributed by atoms with Crippen molar-refractivity contribution >= 4 is 46.3 Å². The molecule has 0 spiro atoms. The third-order valence-corrected chi connectivity index (χ3v) is 13.5. The number of carbonyl (C=O) groups excluding carboxylic acids is 4. The molecule has 4 fully saturated rings. The van der Waals surface area contributed by atoms with Crippen LogP contribution in [0.4, 0.5) is 11.4 Å². The van der Waals surface area contributed by atoms with Crippen LogP contribution >= 0.6 is 0 Å². The molecule has 2 aliphatic carbocycles. The lowest BCUT2D eigenvalue weighted by atomic mass is 9.98. The van der Waals surface area contributed by atoms with E-state index in [4.69, 9.17) is 19.4 Å². The molecule has 6 aliphatic rings. The molecular formula is C50H54N10O6. The fraction of sp³-hybridized carbons (Fsp3) is 0.440. The summed E-state index contributed by atoms with van der Waals surface area (Å²) in [7, 11) is 0. The maximum atomic E-state index is 13.3. The Balaban J connectivity index is 0.000000146. The van der Waals surface area contributed by atoms with Crippen LogP contribution in [0.3, 0.4) is 0 Å². The summed E-state index contributed by atoms with van der Waals surface area (Å²) in [4.78, 5) is 59.1. The van der Waals surface area contributed by atoms with Gasteiger partial charge in [-0.15, -0.1) is 0 Å². The molecule has 12 rings (SSSR count). The van der Waals surface area contributed by atoms with Gasteiger partial charge in [0.05, 0.1) is 12.4 Å². The molecule has 4 amide bonds. The highest BCUT2D eigenvalue weighted by Crippen LogP contribution is 2.49. The highest BCUT2D eigenvalue weighted by atomic mass is 16.5. The van der Waals surface area contributed by atoms with Gasteiger partial charge in [0.2, 0.25) is 11.8 Å². The van der Waals surface area contributed by atoms with Crippen molar-refractivity contribution < 1.29 is 28.7 Å². The summed E-state index contributed by atoms with van der Waals surface area (Å²) in [6, 6.07) is 12.2. The second-order valence-electron chi connectivity index (χ2n) is 20.3. The van der Waals surface area contributed by atoms with Crippen molar-refractivity contribution in [2.75, 3.05) is 23.7 Å². The van der Waals surface area contributed by atoms with Crippen molar-refractivity contribution in [1.29, 1.82) is 0 Å². The van der Waals surface area contributed by atoms with E-state index >= 15 is 0 Å². The minimum atomic E-state index is -0.228. The molecular weight excluding hydrogens is 837 g/mol. The van der Waals surface area contributed by atoms with Gasteiger partial charge in [0.1, 0.15) is 33.8 Å². The largest absolute Gasteiger partial charge is 0.487 e. The fourth-order valence-electron chi connectivity index (χ4n) is 9.96. The molecule has 8 heterocycles. The van der Waals surface area contributed by atoms with Crippen molar-refractivity contribution in [3.63, 3.8) is 0 Å². The zero-order valence-corrected chi connectivity index (χ0v) is 37.7. The molecule has 2 atom stereocenters. The van der Waals surface area contributed by atoms with Crippen LogP contribution in [0.5, 0.6) is 11.5 Å². The quantitative estimate of drug-likeness (QED) is 0.118. The number of hydrogen-bond acceptors (Lipinski definition) is 10. The summed E-state index contributed by atoms with van der Waals surface area (Å²) < 4.78 is 15.5. The lowest BCUT2D eigenvalue weighted by Gasteiger charge is -2.17. The van der Waals surface area contributed by atoms with Crippen molar-refractivity contribution in [2.24, 2.45) is 11.8 Å². The van der Waals surface area contributed by atoms with Crippen LogP contribution in [0.1, 0.15) is 132 Å². The van der Waals surface area contributed by atoms with E-state index in [0.29, 0.717) is 73.0 Å². The van der Waals surface area contributed by atoms with Crippen LogP contribution in [0, 0.1) is 11.8 Å². The number of amides is 4. The molecule has 16 heteroatoms. The second-order valence-corrected chi connectivity index (χ2v) is 20.3. The summed E-state index contributed by atoms with van der Waals surface area (Å²) in [5.41, 5.74) is 9.44. The number of ether oxygens (including phenoxy) is 2. The maximum Gasteiger partial charge on any atom is 0.261 e. The van der Waals surface area contributed by atoms with E-state index in [1.54, 1.807) is 21.4 Å². The van der Waals surface area contributed by atoms with Gasteiger partial charge >= 0.3 is 0 Å². The first kappa shape index (κ1) is 41.8. The summed E-state index contributed by atoms with van der Waals surface area (Å²) in [6.45, 7) is 9.68. The number of fused-ring (bicyclic) bond motifs is 4. The van der Waals surface area contributed by atoms with Crippen LogP contribution in [-0.2, 0) is 35.3 Å². The van der Waals surface area contributed by atoms with Crippen LogP contribution in [0.15, 0.2) is 61.2 Å². The summed E-state index contributed by atoms with van der Waals surface area (Å²) in [5.74, 6) is 2.99. The lowest BCUT2D eigenvalue weighted by molar-refractivity contribution is -0.120. The van der Waals surface area contributed by atoms with Crippen molar-refractivity contribution in [3.05, 3.63) is 106 Å². The Kier molecular flexibility index (Phi) is 10.1. The number of anilines is 2. The molecule has 0 radical (unpaired) electrons. The fourth-order valence-corrected chi connectivity index (χ4v) is 9.96. The number of aromatic nitrogens is 6. The van der Waals surface area contributed by atoms with E-state index in [-0.39, 0.29) is 46.7 Å². The molecule has 2 saturated carbocycles. The number of hydrogen-bond donors (Lipinski definition) is 4. The number of nitrogens with one attached hydrogen (secondary N) is 4. The molecule has 4 N–H and O–H groups in total. The van der Waals surface area contributed by atoms with E-state index in [1.165, 1.54) is 0 Å². The first-order chi connectivity index (χ1) is 31.7. The first-order valence-corrected chi connectivity index (χ1v) is 23.2. The lowest BCUT2D eigenvalue weighted by Crippen LogP contribution is -2.24. The van der Waals surface area contributed by atoms with E-state index in [2.05, 4.69) is 83.4 Å². The summed E-state index contributed by atoms with van der Waals surface area (Å²) >= 11 is 0. The predicted molar refractivity (Wildman–Crippen MR) is 245 cm³/mol.